The fourth-order valence-electron chi connectivity index (χ4n) is 0.639. The Labute approximate surface area is 68.3 Å². The van der Waals surface area contributed by atoms with E-state index in [9.17, 15) is 18.0 Å². The second kappa shape index (κ2) is 4.30. The van der Waals surface area contributed by atoms with Gasteiger partial charge in [0.05, 0.1) is 0 Å². The van der Waals surface area contributed by atoms with Gasteiger partial charge in [-0.15, -0.1) is 0 Å². The van der Waals surface area contributed by atoms with Crippen LogP contribution in [-0.4, -0.2) is 23.6 Å². The van der Waals surface area contributed by atoms with Crippen molar-refractivity contribution in [2.75, 3.05) is 6.54 Å². The third-order valence-electron chi connectivity index (χ3n) is 1.13. The molecule has 12 heavy (non-hydrogen) atoms. The largest absolute Gasteiger partial charge is 0.407 e. The Balaban J connectivity index is 3.87. The zero-order valence-corrected chi connectivity index (χ0v) is 6.69. The van der Waals surface area contributed by atoms with Gasteiger partial charge in [0, 0.05) is 6.42 Å². The molecular weight excluding hydrogens is 173 g/mol. The lowest BCUT2D eigenvalue weighted by Gasteiger charge is -2.17. The second-order valence-corrected chi connectivity index (χ2v) is 2.39. The van der Waals surface area contributed by atoms with Crippen LogP contribution in [0.15, 0.2) is 0 Å². The summed E-state index contributed by atoms with van der Waals surface area (Å²) in [6.07, 6.45) is -3.88. The Morgan fingerprint density at radius 1 is 1.50 bits per heavy atom. The minimum absolute atomic E-state index is 0.0482. The van der Waals surface area contributed by atoms with E-state index in [1.54, 1.807) is 6.92 Å². The zero-order valence-electron chi connectivity index (χ0n) is 6.69. The number of hydrazine groups is 1. The minimum atomic E-state index is -4.42. The minimum Gasteiger partial charge on any atom is -0.273 e. The van der Waals surface area contributed by atoms with Crippen molar-refractivity contribution in [3.05, 3.63) is 0 Å². The first-order chi connectivity index (χ1) is 5.37. The molecule has 3 nitrogen and oxygen atoms in total. The Morgan fingerprint density at radius 3 is 2.33 bits per heavy atom. The van der Waals surface area contributed by atoms with E-state index in [1.807, 2.05) is 0 Å². The van der Waals surface area contributed by atoms with Gasteiger partial charge in [-0.25, -0.2) is 5.84 Å². The van der Waals surface area contributed by atoms with Crippen molar-refractivity contribution >= 4 is 5.91 Å². The zero-order chi connectivity index (χ0) is 9.78. The van der Waals surface area contributed by atoms with Crippen molar-refractivity contribution in [3.63, 3.8) is 0 Å². The van der Waals surface area contributed by atoms with Gasteiger partial charge in [0.1, 0.15) is 6.54 Å². The molecule has 0 unspecified atom stereocenters. The van der Waals surface area contributed by atoms with Gasteiger partial charge in [0.25, 0.3) is 0 Å². The lowest BCUT2D eigenvalue weighted by molar-refractivity contribution is -0.161. The highest BCUT2D eigenvalue weighted by Gasteiger charge is 2.31. The molecule has 0 saturated carbocycles. The standard InChI is InChI=1S/C6H11F3N2O/c1-2-3-5(12)11(10)4-6(7,8)9/h2-4,10H2,1H3. The quantitative estimate of drug-likeness (QED) is 0.405. The SMILES string of the molecule is CCCC(=O)N(N)CC(F)(F)F. The molecule has 0 aromatic heterocycles. The Bertz CT molecular complexity index is 157. The number of alkyl halides is 3. The topological polar surface area (TPSA) is 46.3 Å². The summed E-state index contributed by atoms with van der Waals surface area (Å²) in [6, 6.07) is 0. The maximum absolute atomic E-state index is 11.6. The molecule has 6 heteroatoms. The van der Waals surface area contributed by atoms with Gasteiger partial charge < -0.3 is 0 Å². The summed E-state index contributed by atoms with van der Waals surface area (Å²) in [7, 11) is 0. The van der Waals surface area contributed by atoms with Crippen molar-refractivity contribution in [1.82, 2.24) is 5.01 Å². The van der Waals surface area contributed by atoms with Crippen LogP contribution in [0.4, 0.5) is 13.2 Å². The smallest absolute Gasteiger partial charge is 0.273 e. The van der Waals surface area contributed by atoms with Gasteiger partial charge in [0.2, 0.25) is 5.91 Å². The van der Waals surface area contributed by atoms with Crippen LogP contribution in [-0.2, 0) is 4.79 Å². The third-order valence-corrected chi connectivity index (χ3v) is 1.13. The molecule has 0 atom stereocenters. The summed E-state index contributed by atoms with van der Waals surface area (Å²) in [5.41, 5.74) is 0. The molecule has 2 N–H and O–H groups in total. The van der Waals surface area contributed by atoms with E-state index in [0.29, 0.717) is 6.42 Å². The van der Waals surface area contributed by atoms with Crippen molar-refractivity contribution in [3.8, 4) is 0 Å². The van der Waals surface area contributed by atoms with E-state index in [-0.39, 0.29) is 11.4 Å². The first-order valence-electron chi connectivity index (χ1n) is 3.48. The monoisotopic (exact) mass is 184 g/mol. The van der Waals surface area contributed by atoms with E-state index in [2.05, 4.69) is 0 Å². The molecular formula is C6H11F3N2O. The summed E-state index contributed by atoms with van der Waals surface area (Å²) in [6.45, 7) is 0.311. The van der Waals surface area contributed by atoms with Crippen LogP contribution in [0.25, 0.3) is 0 Å². The lowest BCUT2D eigenvalue weighted by Crippen LogP contribution is -2.43. The highest BCUT2D eigenvalue weighted by atomic mass is 19.4. The molecule has 0 heterocycles. The van der Waals surface area contributed by atoms with Gasteiger partial charge in [-0.05, 0) is 6.42 Å². The molecule has 0 aromatic carbocycles. The van der Waals surface area contributed by atoms with Crippen molar-refractivity contribution in [2.45, 2.75) is 25.9 Å². The number of hydrogen-bond donors (Lipinski definition) is 1. The third kappa shape index (κ3) is 4.95. The average Bonchev–Trinajstić information content (AvgIpc) is 1.84. The van der Waals surface area contributed by atoms with Crippen molar-refractivity contribution in [2.24, 2.45) is 5.84 Å². The number of nitrogens with two attached hydrogens (primary N) is 1. The van der Waals surface area contributed by atoms with E-state index in [4.69, 9.17) is 5.84 Å². The van der Waals surface area contributed by atoms with Crippen LogP contribution in [0, 0.1) is 0 Å². The van der Waals surface area contributed by atoms with E-state index >= 15 is 0 Å². The first-order valence-corrected chi connectivity index (χ1v) is 3.48. The molecule has 0 spiro atoms. The maximum Gasteiger partial charge on any atom is 0.407 e. The van der Waals surface area contributed by atoms with Crippen LogP contribution in [0.2, 0.25) is 0 Å². The Morgan fingerprint density at radius 2 is 2.00 bits per heavy atom. The van der Waals surface area contributed by atoms with Gasteiger partial charge in [-0.1, -0.05) is 6.92 Å². The predicted octanol–water partition coefficient (Wildman–Crippen LogP) is 1.05. The van der Waals surface area contributed by atoms with Gasteiger partial charge in [-0.2, -0.15) is 13.2 Å². The normalized spacial score (nSPS) is 11.4. The van der Waals surface area contributed by atoms with Crippen LogP contribution < -0.4 is 5.84 Å². The number of carbonyl (C=O) groups excluding carboxylic acids is 1. The van der Waals surface area contributed by atoms with E-state index in [1.165, 1.54) is 0 Å². The number of amides is 1. The Kier molecular flexibility index (Phi) is 4.02. The maximum atomic E-state index is 11.6. The van der Waals surface area contributed by atoms with Crippen LogP contribution in [0.5, 0.6) is 0 Å². The molecule has 0 aliphatic heterocycles. The first kappa shape index (κ1) is 11.2. The summed E-state index contributed by atoms with van der Waals surface area (Å²) in [5, 5.41) is 0.198. The molecule has 0 radical (unpaired) electrons. The number of carbonyl (C=O) groups is 1. The average molecular weight is 184 g/mol. The molecule has 0 bridgehead atoms. The van der Waals surface area contributed by atoms with Crippen LogP contribution in [0.1, 0.15) is 19.8 Å². The fourth-order valence-corrected chi connectivity index (χ4v) is 0.639. The highest BCUT2D eigenvalue weighted by Crippen LogP contribution is 2.15. The van der Waals surface area contributed by atoms with Gasteiger partial charge >= 0.3 is 6.18 Å². The van der Waals surface area contributed by atoms with E-state index < -0.39 is 18.6 Å². The molecule has 72 valence electrons. The fraction of sp³-hybridized carbons (Fsp3) is 0.833. The summed E-state index contributed by atoms with van der Waals surface area (Å²) < 4.78 is 34.9. The Hall–Kier alpha value is -0.780. The molecule has 1 amide bonds. The molecule has 0 fully saturated rings. The number of halogens is 3. The van der Waals surface area contributed by atoms with Crippen molar-refractivity contribution < 1.29 is 18.0 Å². The second-order valence-electron chi connectivity index (χ2n) is 2.39. The molecule has 0 aliphatic rings. The summed E-state index contributed by atoms with van der Waals surface area (Å²) in [4.78, 5) is 10.7. The molecule has 0 aliphatic carbocycles. The van der Waals surface area contributed by atoms with Crippen LogP contribution >= 0.6 is 0 Å². The number of nitrogens with zero attached hydrogens (tertiary/aromatic N) is 1. The van der Waals surface area contributed by atoms with Gasteiger partial charge in [-0.3, -0.25) is 9.80 Å². The number of hydrogen-bond acceptors (Lipinski definition) is 2. The summed E-state index contributed by atoms with van der Waals surface area (Å²) in [5.74, 6) is 4.17. The van der Waals surface area contributed by atoms with Crippen molar-refractivity contribution in [1.29, 1.82) is 0 Å². The highest BCUT2D eigenvalue weighted by molar-refractivity contribution is 5.75. The molecule has 0 rings (SSSR count). The van der Waals surface area contributed by atoms with E-state index in [0.717, 1.165) is 0 Å². The van der Waals surface area contributed by atoms with Crippen LogP contribution in [0.3, 0.4) is 0 Å². The molecule has 0 aromatic rings. The number of rotatable bonds is 3. The predicted molar refractivity (Wildman–Crippen MR) is 36.9 cm³/mol. The lowest BCUT2D eigenvalue weighted by atomic mass is 10.3. The van der Waals surface area contributed by atoms with Gasteiger partial charge in [0.15, 0.2) is 0 Å². The molecule has 0 saturated heterocycles. The summed E-state index contributed by atoms with van der Waals surface area (Å²) >= 11 is 0.